The fourth-order valence-corrected chi connectivity index (χ4v) is 3.28. The second kappa shape index (κ2) is 8.65. The summed E-state index contributed by atoms with van der Waals surface area (Å²) in [6, 6.07) is 8.14. The van der Waals surface area contributed by atoms with E-state index in [1.165, 1.54) is 19.1 Å². The van der Waals surface area contributed by atoms with Gasteiger partial charge in [-0.05, 0) is 31.0 Å². The number of halogens is 1. The summed E-state index contributed by atoms with van der Waals surface area (Å²) in [6.07, 6.45) is 2.61. The zero-order chi connectivity index (χ0) is 20.1. The van der Waals surface area contributed by atoms with Crippen LogP contribution in [0, 0.1) is 17.1 Å². The molecule has 2 aromatic rings. The molecule has 3 rings (SSSR count). The van der Waals surface area contributed by atoms with Gasteiger partial charge in [-0.25, -0.2) is 9.37 Å². The highest BCUT2D eigenvalue weighted by Crippen LogP contribution is 2.23. The average Bonchev–Trinajstić information content (AvgIpc) is 3.11. The van der Waals surface area contributed by atoms with E-state index < -0.39 is 5.82 Å². The summed E-state index contributed by atoms with van der Waals surface area (Å²) in [5.41, 5.74) is 1.42. The van der Waals surface area contributed by atoms with E-state index in [1.54, 1.807) is 6.07 Å². The fourth-order valence-electron chi connectivity index (χ4n) is 3.28. The third-order valence-electron chi connectivity index (χ3n) is 4.53. The number of amides is 1. The maximum absolute atomic E-state index is 13.6. The molecule has 2 N–H and O–H groups in total. The van der Waals surface area contributed by atoms with Crippen molar-refractivity contribution < 1.29 is 9.18 Å². The highest BCUT2D eigenvalue weighted by atomic mass is 19.1. The Labute approximate surface area is 163 Å². The maximum atomic E-state index is 13.6. The van der Waals surface area contributed by atoms with Crippen LogP contribution in [0.15, 0.2) is 24.3 Å². The van der Waals surface area contributed by atoms with Gasteiger partial charge in [-0.1, -0.05) is 13.3 Å². The molecule has 1 unspecified atom stereocenters. The molecule has 7 nitrogen and oxygen atoms in total. The molecule has 146 valence electrons. The van der Waals surface area contributed by atoms with Gasteiger partial charge >= 0.3 is 0 Å². The fraction of sp³-hybridized carbons (Fsp3) is 0.400. The van der Waals surface area contributed by atoms with Crippen molar-refractivity contribution in [3.05, 3.63) is 41.3 Å². The molecule has 1 aliphatic heterocycles. The van der Waals surface area contributed by atoms with E-state index in [1.807, 2.05) is 12.1 Å². The van der Waals surface area contributed by atoms with E-state index in [2.05, 4.69) is 32.4 Å². The van der Waals surface area contributed by atoms with Crippen molar-refractivity contribution in [2.24, 2.45) is 0 Å². The van der Waals surface area contributed by atoms with Gasteiger partial charge in [-0.3, -0.25) is 4.79 Å². The summed E-state index contributed by atoms with van der Waals surface area (Å²) >= 11 is 0. The summed E-state index contributed by atoms with van der Waals surface area (Å²) < 4.78 is 13.6. The number of hydrogen-bond acceptors (Lipinski definition) is 6. The van der Waals surface area contributed by atoms with Crippen molar-refractivity contribution in [2.45, 2.75) is 39.2 Å². The van der Waals surface area contributed by atoms with Crippen LogP contribution in [0.25, 0.3) is 0 Å². The SMILES string of the molecule is CCCc1cc(N2CCC(NC(C)=O)C2)nc(Nc2ccc(F)c(C#N)c2)n1. The predicted molar refractivity (Wildman–Crippen MR) is 105 cm³/mol. The monoisotopic (exact) mass is 382 g/mol. The number of aryl methyl sites for hydroxylation is 1. The van der Waals surface area contributed by atoms with E-state index in [9.17, 15) is 9.18 Å². The summed E-state index contributed by atoms with van der Waals surface area (Å²) in [6.45, 7) is 5.09. The quantitative estimate of drug-likeness (QED) is 0.798. The van der Waals surface area contributed by atoms with Gasteiger partial charge in [0.05, 0.1) is 5.56 Å². The Bertz CT molecular complexity index is 910. The Morgan fingerprint density at radius 3 is 2.93 bits per heavy atom. The van der Waals surface area contributed by atoms with E-state index >= 15 is 0 Å². The zero-order valence-corrected chi connectivity index (χ0v) is 16.0. The van der Waals surface area contributed by atoms with Crippen molar-refractivity contribution in [3.8, 4) is 6.07 Å². The second-order valence-corrected chi connectivity index (χ2v) is 6.85. The van der Waals surface area contributed by atoms with Crippen LogP contribution in [0.5, 0.6) is 0 Å². The molecule has 0 radical (unpaired) electrons. The number of benzene rings is 1. The highest BCUT2D eigenvalue weighted by molar-refractivity contribution is 5.73. The summed E-state index contributed by atoms with van der Waals surface area (Å²) in [4.78, 5) is 22.6. The number of nitriles is 1. The number of rotatable bonds is 6. The van der Waals surface area contributed by atoms with Gasteiger partial charge < -0.3 is 15.5 Å². The number of hydrogen-bond donors (Lipinski definition) is 2. The van der Waals surface area contributed by atoms with Gasteiger partial charge in [0.25, 0.3) is 0 Å². The molecule has 1 atom stereocenters. The molecule has 1 aromatic carbocycles. The molecule has 1 amide bonds. The molecular formula is C20H23FN6O. The third kappa shape index (κ3) is 4.74. The Hall–Kier alpha value is -3.21. The lowest BCUT2D eigenvalue weighted by Crippen LogP contribution is -2.35. The molecule has 28 heavy (non-hydrogen) atoms. The maximum Gasteiger partial charge on any atom is 0.229 e. The molecule has 1 fully saturated rings. The number of aromatic nitrogens is 2. The molecule has 0 bridgehead atoms. The van der Waals surface area contributed by atoms with Crippen LogP contribution in [0.3, 0.4) is 0 Å². The van der Waals surface area contributed by atoms with Crippen molar-refractivity contribution in [2.75, 3.05) is 23.3 Å². The first-order valence-electron chi connectivity index (χ1n) is 9.35. The van der Waals surface area contributed by atoms with E-state index in [-0.39, 0.29) is 17.5 Å². The molecule has 8 heteroatoms. The lowest BCUT2D eigenvalue weighted by Gasteiger charge is -2.19. The minimum Gasteiger partial charge on any atom is -0.354 e. The number of nitrogens with zero attached hydrogens (tertiary/aromatic N) is 4. The standard InChI is InChI=1S/C20H23FN6O/c1-3-4-15-10-19(27-8-7-17(12-27)23-13(2)28)26-20(24-15)25-16-5-6-18(21)14(9-16)11-22/h5-6,9-10,17H,3-4,7-8,12H2,1-2H3,(H,23,28)(H,24,25,26). The first-order chi connectivity index (χ1) is 13.5. The highest BCUT2D eigenvalue weighted by Gasteiger charge is 2.24. The van der Waals surface area contributed by atoms with Crippen molar-refractivity contribution in [1.29, 1.82) is 5.26 Å². The van der Waals surface area contributed by atoms with Crippen LogP contribution in [-0.2, 0) is 11.2 Å². The Morgan fingerprint density at radius 2 is 2.21 bits per heavy atom. The number of anilines is 3. The van der Waals surface area contributed by atoms with Crippen LogP contribution in [-0.4, -0.2) is 35.0 Å². The minimum absolute atomic E-state index is 0.0341. The molecular weight excluding hydrogens is 359 g/mol. The van der Waals surface area contributed by atoms with Crippen LogP contribution in [0.2, 0.25) is 0 Å². The summed E-state index contributed by atoms with van der Waals surface area (Å²) in [5.74, 6) is 0.597. The van der Waals surface area contributed by atoms with Gasteiger partial charge in [0.15, 0.2) is 0 Å². The van der Waals surface area contributed by atoms with Crippen LogP contribution >= 0.6 is 0 Å². The van der Waals surface area contributed by atoms with E-state index in [4.69, 9.17) is 5.26 Å². The van der Waals surface area contributed by atoms with E-state index in [0.717, 1.165) is 37.3 Å². The van der Waals surface area contributed by atoms with E-state index in [0.29, 0.717) is 18.2 Å². The summed E-state index contributed by atoms with van der Waals surface area (Å²) in [5, 5.41) is 15.0. The predicted octanol–water partition coefficient (Wildman–Crippen LogP) is 2.90. The van der Waals surface area contributed by atoms with Crippen LogP contribution < -0.4 is 15.5 Å². The van der Waals surface area contributed by atoms with Crippen LogP contribution in [0.4, 0.5) is 21.8 Å². The summed E-state index contributed by atoms with van der Waals surface area (Å²) in [7, 11) is 0. The molecule has 0 spiro atoms. The molecule has 0 aliphatic carbocycles. The lowest BCUT2D eigenvalue weighted by atomic mass is 10.2. The zero-order valence-electron chi connectivity index (χ0n) is 16.0. The Morgan fingerprint density at radius 1 is 1.39 bits per heavy atom. The number of carbonyl (C=O) groups excluding carboxylic acids is 1. The first kappa shape index (κ1) is 19.5. The van der Waals surface area contributed by atoms with Gasteiger partial charge in [-0.2, -0.15) is 10.2 Å². The second-order valence-electron chi connectivity index (χ2n) is 6.85. The molecule has 1 saturated heterocycles. The third-order valence-corrected chi connectivity index (χ3v) is 4.53. The van der Waals surface area contributed by atoms with Gasteiger partial charge in [0.2, 0.25) is 11.9 Å². The molecule has 1 aliphatic rings. The normalized spacial score (nSPS) is 15.9. The number of nitrogens with one attached hydrogen (secondary N) is 2. The van der Waals surface area contributed by atoms with Crippen molar-refractivity contribution in [1.82, 2.24) is 15.3 Å². The van der Waals surface area contributed by atoms with Crippen LogP contribution in [0.1, 0.15) is 37.9 Å². The van der Waals surface area contributed by atoms with Crippen molar-refractivity contribution in [3.63, 3.8) is 0 Å². The Kier molecular flexibility index (Phi) is 6.04. The molecule has 1 aromatic heterocycles. The Balaban J connectivity index is 1.84. The topological polar surface area (TPSA) is 93.9 Å². The van der Waals surface area contributed by atoms with Gasteiger partial charge in [0, 0.05) is 43.5 Å². The molecule has 2 heterocycles. The van der Waals surface area contributed by atoms with Gasteiger partial charge in [-0.15, -0.1) is 0 Å². The first-order valence-corrected chi connectivity index (χ1v) is 9.35. The smallest absolute Gasteiger partial charge is 0.229 e. The molecule has 0 saturated carbocycles. The number of carbonyl (C=O) groups is 1. The minimum atomic E-state index is -0.560. The average molecular weight is 382 g/mol. The van der Waals surface area contributed by atoms with Crippen molar-refractivity contribution >= 4 is 23.4 Å². The largest absolute Gasteiger partial charge is 0.354 e. The van der Waals surface area contributed by atoms with Gasteiger partial charge in [0.1, 0.15) is 17.7 Å². The lowest BCUT2D eigenvalue weighted by molar-refractivity contribution is -0.119.